The third kappa shape index (κ3) is 3.26. The monoisotopic (exact) mass is 495 g/mol. The maximum absolute atomic E-state index is 4.77. The number of nitrogens with zero attached hydrogens (tertiary/aromatic N) is 3. The van der Waals surface area contributed by atoms with Gasteiger partial charge in [0, 0.05) is 20.4 Å². The number of hydrogen-bond acceptors (Lipinski definition) is 8. The molecule has 0 spiro atoms. The Morgan fingerprint density at radius 3 is 3.00 bits per heavy atom. The standard InChI is InChI=1S/C20H14BrN7S2/c21-11-1-3-14-16(8-11)30-20(25-14)27-19-24-15-5-6-29-17(15)18(26-19)23-12-2-4-13-10(7-12)9-22-28-13/h1-9,20,25H,(H,22,28)(H2,23,24,26,27). The van der Waals surface area contributed by atoms with Crippen molar-refractivity contribution in [2.24, 2.45) is 0 Å². The van der Waals surface area contributed by atoms with Crippen molar-refractivity contribution in [3.8, 4) is 0 Å². The summed E-state index contributed by atoms with van der Waals surface area (Å²) in [7, 11) is 0. The first-order valence-corrected chi connectivity index (χ1v) is 11.7. The first kappa shape index (κ1) is 18.0. The Balaban J connectivity index is 1.30. The van der Waals surface area contributed by atoms with Crippen LogP contribution >= 0.6 is 39.0 Å². The molecule has 30 heavy (non-hydrogen) atoms. The summed E-state index contributed by atoms with van der Waals surface area (Å²) in [4.78, 5) is 10.7. The van der Waals surface area contributed by atoms with Crippen molar-refractivity contribution < 1.29 is 0 Å². The highest BCUT2D eigenvalue weighted by molar-refractivity contribution is 9.10. The molecule has 0 saturated carbocycles. The summed E-state index contributed by atoms with van der Waals surface area (Å²) in [5.41, 5.74) is 3.92. The molecule has 0 radical (unpaired) electrons. The first-order chi connectivity index (χ1) is 14.7. The van der Waals surface area contributed by atoms with Gasteiger partial charge in [0.15, 0.2) is 11.3 Å². The molecule has 4 heterocycles. The second-order valence-corrected chi connectivity index (χ2v) is 9.73. The zero-order valence-electron chi connectivity index (χ0n) is 15.3. The van der Waals surface area contributed by atoms with Crippen molar-refractivity contribution in [1.82, 2.24) is 20.2 Å². The number of fused-ring (bicyclic) bond motifs is 3. The Morgan fingerprint density at radius 2 is 2.03 bits per heavy atom. The Hall–Kier alpha value is -2.82. The molecule has 2 aromatic carbocycles. The minimum absolute atomic E-state index is 0.0412. The number of anilines is 4. The number of hydrogen-bond donors (Lipinski definition) is 4. The molecule has 0 aliphatic carbocycles. The predicted octanol–water partition coefficient (Wildman–Crippen LogP) is 5.99. The van der Waals surface area contributed by atoms with E-state index in [4.69, 9.17) is 9.97 Å². The van der Waals surface area contributed by atoms with Gasteiger partial charge in [-0.05, 0) is 47.8 Å². The number of rotatable bonds is 4. The van der Waals surface area contributed by atoms with E-state index in [9.17, 15) is 0 Å². The molecule has 6 rings (SSSR count). The van der Waals surface area contributed by atoms with Crippen LogP contribution in [0.15, 0.2) is 63.4 Å². The number of nitrogens with one attached hydrogen (secondary N) is 4. The van der Waals surface area contributed by atoms with Crippen LogP contribution in [-0.4, -0.2) is 25.7 Å². The maximum atomic E-state index is 4.77. The van der Waals surface area contributed by atoms with E-state index in [1.54, 1.807) is 23.1 Å². The average Bonchev–Trinajstić information content (AvgIpc) is 3.46. The normalized spacial score (nSPS) is 15.3. The minimum atomic E-state index is -0.0412. The van der Waals surface area contributed by atoms with E-state index in [0.29, 0.717) is 5.95 Å². The van der Waals surface area contributed by atoms with E-state index < -0.39 is 0 Å². The fourth-order valence-electron chi connectivity index (χ4n) is 3.36. The third-order valence-corrected chi connectivity index (χ3v) is 7.21. The lowest BCUT2D eigenvalue weighted by Gasteiger charge is -2.14. The van der Waals surface area contributed by atoms with Crippen molar-refractivity contribution in [2.75, 3.05) is 16.0 Å². The van der Waals surface area contributed by atoms with Crippen LogP contribution in [-0.2, 0) is 0 Å². The Bertz CT molecular complexity index is 1400. The quantitative estimate of drug-likeness (QED) is 0.243. The van der Waals surface area contributed by atoms with Crippen LogP contribution in [0.2, 0.25) is 0 Å². The number of H-pyrrole nitrogens is 1. The van der Waals surface area contributed by atoms with Crippen LogP contribution in [0.4, 0.5) is 23.1 Å². The molecule has 3 aromatic heterocycles. The number of aromatic nitrogens is 4. The van der Waals surface area contributed by atoms with Gasteiger partial charge in [0.05, 0.1) is 27.6 Å². The zero-order valence-corrected chi connectivity index (χ0v) is 18.5. The van der Waals surface area contributed by atoms with Crippen LogP contribution in [0.5, 0.6) is 0 Å². The van der Waals surface area contributed by atoms with E-state index in [2.05, 4.69) is 60.3 Å². The molecule has 1 atom stereocenters. The van der Waals surface area contributed by atoms with Crippen molar-refractivity contribution in [3.63, 3.8) is 0 Å². The molecule has 0 fully saturated rings. The van der Waals surface area contributed by atoms with Crippen LogP contribution in [0.3, 0.4) is 0 Å². The molecule has 1 aliphatic heterocycles. The summed E-state index contributed by atoms with van der Waals surface area (Å²) in [5, 5.41) is 20.5. The number of thiophene rings is 1. The second kappa shape index (κ2) is 7.15. The summed E-state index contributed by atoms with van der Waals surface area (Å²) >= 11 is 6.85. The predicted molar refractivity (Wildman–Crippen MR) is 128 cm³/mol. The molecule has 1 unspecified atom stereocenters. The Kier molecular flexibility index (Phi) is 4.29. The summed E-state index contributed by atoms with van der Waals surface area (Å²) < 4.78 is 2.08. The van der Waals surface area contributed by atoms with Crippen molar-refractivity contribution in [2.45, 2.75) is 10.4 Å². The second-order valence-electron chi connectivity index (χ2n) is 6.75. The van der Waals surface area contributed by atoms with E-state index >= 15 is 0 Å². The highest BCUT2D eigenvalue weighted by Crippen LogP contribution is 2.40. The number of aromatic amines is 1. The molecular formula is C20H14BrN7S2. The van der Waals surface area contributed by atoms with Gasteiger partial charge in [0.1, 0.15) is 0 Å². The minimum Gasteiger partial charge on any atom is -0.356 e. The van der Waals surface area contributed by atoms with Gasteiger partial charge < -0.3 is 16.0 Å². The topological polar surface area (TPSA) is 90.5 Å². The molecule has 7 nitrogen and oxygen atoms in total. The summed E-state index contributed by atoms with van der Waals surface area (Å²) in [5.74, 6) is 1.35. The number of benzene rings is 2. The lowest BCUT2D eigenvalue weighted by atomic mass is 10.2. The summed E-state index contributed by atoms with van der Waals surface area (Å²) in [6.45, 7) is 0. The van der Waals surface area contributed by atoms with Gasteiger partial charge in [0.2, 0.25) is 5.95 Å². The SMILES string of the molecule is Brc1ccc2c(c1)SC(Nc1nc(Nc3ccc4[nH]ncc4c3)c3sccc3n1)N2. The first-order valence-electron chi connectivity index (χ1n) is 9.16. The Morgan fingerprint density at radius 1 is 1.07 bits per heavy atom. The average molecular weight is 496 g/mol. The lowest BCUT2D eigenvalue weighted by Crippen LogP contribution is -2.22. The van der Waals surface area contributed by atoms with Crippen LogP contribution in [0, 0.1) is 0 Å². The molecule has 4 N–H and O–H groups in total. The van der Waals surface area contributed by atoms with Gasteiger partial charge in [-0.3, -0.25) is 5.10 Å². The molecular weight excluding hydrogens is 482 g/mol. The van der Waals surface area contributed by atoms with E-state index in [1.807, 2.05) is 35.8 Å². The fraction of sp³-hybridized carbons (Fsp3) is 0.0500. The molecule has 0 amide bonds. The maximum Gasteiger partial charge on any atom is 0.227 e. The van der Waals surface area contributed by atoms with E-state index in [1.165, 1.54) is 4.90 Å². The molecule has 0 saturated heterocycles. The van der Waals surface area contributed by atoms with Gasteiger partial charge in [0.25, 0.3) is 0 Å². The van der Waals surface area contributed by atoms with Crippen LogP contribution < -0.4 is 16.0 Å². The lowest BCUT2D eigenvalue weighted by molar-refractivity contribution is 1.08. The summed E-state index contributed by atoms with van der Waals surface area (Å²) in [6.07, 6.45) is 1.81. The molecule has 148 valence electrons. The smallest absolute Gasteiger partial charge is 0.227 e. The highest BCUT2D eigenvalue weighted by Gasteiger charge is 2.22. The van der Waals surface area contributed by atoms with Crippen LogP contribution in [0.25, 0.3) is 21.1 Å². The molecule has 0 bridgehead atoms. The van der Waals surface area contributed by atoms with Crippen molar-refractivity contribution >= 4 is 83.3 Å². The van der Waals surface area contributed by atoms with Gasteiger partial charge in [-0.2, -0.15) is 10.1 Å². The van der Waals surface area contributed by atoms with Crippen molar-refractivity contribution in [1.29, 1.82) is 0 Å². The molecule has 1 aliphatic rings. The van der Waals surface area contributed by atoms with E-state index in [-0.39, 0.29) is 5.50 Å². The van der Waals surface area contributed by atoms with Gasteiger partial charge in [-0.25, -0.2) is 4.98 Å². The zero-order chi connectivity index (χ0) is 20.1. The largest absolute Gasteiger partial charge is 0.356 e. The van der Waals surface area contributed by atoms with Crippen molar-refractivity contribution in [3.05, 3.63) is 58.5 Å². The number of thioether (sulfide) groups is 1. The van der Waals surface area contributed by atoms with E-state index in [0.717, 1.165) is 42.8 Å². The van der Waals surface area contributed by atoms with Gasteiger partial charge >= 0.3 is 0 Å². The van der Waals surface area contributed by atoms with Gasteiger partial charge in [-0.15, -0.1) is 11.3 Å². The highest BCUT2D eigenvalue weighted by atomic mass is 79.9. The third-order valence-electron chi connectivity index (χ3n) is 4.74. The Labute approximate surface area is 187 Å². The van der Waals surface area contributed by atoms with Crippen LogP contribution in [0.1, 0.15) is 0 Å². The fourth-order valence-corrected chi connectivity index (χ4v) is 5.70. The number of halogens is 1. The summed E-state index contributed by atoms with van der Waals surface area (Å²) in [6, 6.07) is 14.3. The molecule has 5 aromatic rings. The van der Waals surface area contributed by atoms with Gasteiger partial charge in [-0.1, -0.05) is 27.7 Å². The molecule has 10 heteroatoms.